The molecule has 3 unspecified atom stereocenters. The van der Waals surface area contributed by atoms with Crippen molar-refractivity contribution >= 4 is 23.4 Å². The minimum Gasteiger partial charge on any atom is -0.491 e. The number of ether oxygens (including phenoxy) is 1. The second-order valence-electron chi connectivity index (χ2n) is 5.78. The largest absolute Gasteiger partial charge is 0.491 e. The van der Waals surface area contributed by atoms with Crippen LogP contribution in [-0.2, 0) is 24.2 Å². The normalized spacial score (nSPS) is 21.3. The Balaban J connectivity index is 2.16. The number of nitrogens with zero attached hydrogens (tertiary/aromatic N) is 1. The molecule has 0 bridgehead atoms. The van der Waals surface area contributed by atoms with E-state index in [1.54, 1.807) is 6.92 Å². The molecule has 1 heterocycles. The van der Waals surface area contributed by atoms with Gasteiger partial charge in [0.1, 0.15) is 11.9 Å². The first-order chi connectivity index (χ1) is 13.3. The van der Waals surface area contributed by atoms with Gasteiger partial charge < -0.3 is 15.4 Å². The molecule has 1 aliphatic heterocycles. The fraction of sp³-hybridized carbons (Fsp3) is 0.444. The summed E-state index contributed by atoms with van der Waals surface area (Å²) in [6.07, 6.45) is 4.15. The highest BCUT2D eigenvalue weighted by Crippen LogP contribution is 2.28. The van der Waals surface area contributed by atoms with Gasteiger partial charge in [0, 0.05) is 18.7 Å². The number of hydroxylamine groups is 2. The van der Waals surface area contributed by atoms with Crippen molar-refractivity contribution < 1.29 is 28.6 Å². The molecule has 0 aromatic rings. The van der Waals surface area contributed by atoms with E-state index in [-0.39, 0.29) is 36.0 Å². The molecule has 28 heavy (non-hydrogen) atoms. The fourth-order valence-corrected chi connectivity index (χ4v) is 2.07. The maximum absolute atomic E-state index is 12.6. The van der Waals surface area contributed by atoms with Crippen molar-refractivity contribution in [3.63, 3.8) is 0 Å². The summed E-state index contributed by atoms with van der Waals surface area (Å²) >= 11 is 5.50. The van der Waals surface area contributed by atoms with Crippen molar-refractivity contribution in [2.45, 2.75) is 32.4 Å². The number of carbonyl (C=O) groups is 2. The summed E-state index contributed by atoms with van der Waals surface area (Å²) in [6, 6.07) is -0.521. The molecule has 1 aliphatic rings. The first kappa shape index (κ1) is 23.8. The minimum absolute atomic E-state index is 0.0862. The molecule has 8 nitrogen and oxygen atoms in total. The van der Waals surface area contributed by atoms with Crippen molar-refractivity contribution in [1.29, 1.82) is 0 Å². The zero-order valence-corrected chi connectivity index (χ0v) is 16.6. The lowest BCUT2D eigenvalue weighted by atomic mass is 10.3. The third kappa shape index (κ3) is 8.66. The molecule has 1 rings (SSSR count). The molecule has 156 valence electrons. The van der Waals surface area contributed by atoms with E-state index in [4.69, 9.17) is 26.2 Å². The van der Waals surface area contributed by atoms with E-state index in [1.807, 2.05) is 6.92 Å². The Bertz CT molecular complexity index is 653. The molecule has 3 atom stereocenters. The van der Waals surface area contributed by atoms with E-state index in [1.165, 1.54) is 23.5 Å². The van der Waals surface area contributed by atoms with Crippen LogP contribution in [0, 0.1) is 0 Å². The Morgan fingerprint density at radius 3 is 2.71 bits per heavy atom. The number of amides is 2. The number of carbonyl (C=O) groups excluding carboxylic acids is 2. The van der Waals surface area contributed by atoms with E-state index in [0.717, 1.165) is 0 Å². The summed E-state index contributed by atoms with van der Waals surface area (Å²) in [5.74, 6) is -1.37. The van der Waals surface area contributed by atoms with E-state index in [0.29, 0.717) is 18.7 Å². The molecule has 10 heteroatoms. The quantitative estimate of drug-likeness (QED) is 0.157. The predicted octanol–water partition coefficient (Wildman–Crippen LogP) is 2.21. The van der Waals surface area contributed by atoms with Crippen molar-refractivity contribution in [3.8, 4) is 0 Å². The van der Waals surface area contributed by atoms with Crippen LogP contribution in [-0.4, -0.2) is 48.7 Å². The smallest absolute Gasteiger partial charge is 0.257 e. The standard InChI is InChI=1S/C18H25ClFN3O5/c1-5-27-28-23-14(4)17(23)18(25)22-12(2)8-9-21-16(24)11-26-10-6-7-15(19)13(3)20/h6-7,10,14,17H,2-3,5,8-9,11H2,1,4H3,(H,21,24)(H,22,25)/b10-6+,15-7+. The van der Waals surface area contributed by atoms with Crippen LogP contribution in [0.1, 0.15) is 20.3 Å². The van der Waals surface area contributed by atoms with Crippen LogP contribution in [0.25, 0.3) is 0 Å². The van der Waals surface area contributed by atoms with Crippen molar-refractivity contribution in [2.24, 2.45) is 0 Å². The second-order valence-corrected chi connectivity index (χ2v) is 6.19. The van der Waals surface area contributed by atoms with Gasteiger partial charge in [-0.3, -0.25) is 9.59 Å². The van der Waals surface area contributed by atoms with E-state index < -0.39 is 11.9 Å². The predicted molar refractivity (Wildman–Crippen MR) is 102 cm³/mol. The third-order valence-electron chi connectivity index (χ3n) is 3.51. The first-order valence-corrected chi connectivity index (χ1v) is 8.97. The summed E-state index contributed by atoms with van der Waals surface area (Å²) in [6.45, 7) is 10.8. The van der Waals surface area contributed by atoms with Crippen LogP contribution in [0.3, 0.4) is 0 Å². The maximum atomic E-state index is 12.6. The average Bonchev–Trinajstić information content (AvgIpc) is 3.28. The zero-order chi connectivity index (χ0) is 21.1. The number of rotatable bonds is 13. The molecule has 2 amide bonds. The van der Waals surface area contributed by atoms with Crippen LogP contribution < -0.4 is 10.6 Å². The van der Waals surface area contributed by atoms with E-state index in [2.05, 4.69) is 23.8 Å². The fourth-order valence-electron chi connectivity index (χ4n) is 1.99. The van der Waals surface area contributed by atoms with Crippen molar-refractivity contribution in [2.75, 3.05) is 19.8 Å². The molecule has 0 aromatic heterocycles. The van der Waals surface area contributed by atoms with Gasteiger partial charge in [0.05, 0.1) is 23.9 Å². The number of hydrogen-bond acceptors (Lipinski definition) is 6. The number of halogens is 2. The van der Waals surface area contributed by atoms with Crippen LogP contribution in [0.15, 0.2) is 48.1 Å². The van der Waals surface area contributed by atoms with Gasteiger partial charge >= 0.3 is 0 Å². The highest BCUT2D eigenvalue weighted by molar-refractivity contribution is 6.31. The van der Waals surface area contributed by atoms with Crippen LogP contribution in [0.4, 0.5) is 4.39 Å². The Morgan fingerprint density at radius 2 is 2.07 bits per heavy atom. The summed E-state index contributed by atoms with van der Waals surface area (Å²) in [5.41, 5.74) is 0.466. The molecule has 0 aliphatic carbocycles. The maximum Gasteiger partial charge on any atom is 0.257 e. The molecular weight excluding hydrogens is 393 g/mol. The number of hydrogen-bond donors (Lipinski definition) is 2. The van der Waals surface area contributed by atoms with Crippen LogP contribution in [0.5, 0.6) is 0 Å². The van der Waals surface area contributed by atoms with E-state index in [9.17, 15) is 14.0 Å². The lowest BCUT2D eigenvalue weighted by Crippen LogP contribution is -2.32. The van der Waals surface area contributed by atoms with Crippen LogP contribution in [0.2, 0.25) is 0 Å². The Labute approximate surface area is 168 Å². The molecule has 0 radical (unpaired) electrons. The Hall–Kier alpha value is -2.20. The first-order valence-electron chi connectivity index (χ1n) is 8.59. The second kappa shape index (κ2) is 12.3. The monoisotopic (exact) mass is 417 g/mol. The highest BCUT2D eigenvalue weighted by Gasteiger charge is 2.52. The number of nitrogens with one attached hydrogen (secondary N) is 2. The Morgan fingerprint density at radius 1 is 1.36 bits per heavy atom. The summed E-state index contributed by atoms with van der Waals surface area (Å²) in [5, 5.41) is 6.57. The summed E-state index contributed by atoms with van der Waals surface area (Å²) < 4.78 is 17.5. The molecule has 0 saturated carbocycles. The molecule has 0 spiro atoms. The van der Waals surface area contributed by atoms with Crippen molar-refractivity contribution in [1.82, 2.24) is 15.7 Å². The lowest BCUT2D eigenvalue weighted by molar-refractivity contribution is -0.392. The molecule has 1 saturated heterocycles. The van der Waals surface area contributed by atoms with Gasteiger partial charge in [-0.25, -0.2) is 9.28 Å². The van der Waals surface area contributed by atoms with Crippen molar-refractivity contribution in [3.05, 3.63) is 48.1 Å². The van der Waals surface area contributed by atoms with Crippen LogP contribution >= 0.6 is 11.6 Å². The Kier molecular flexibility index (Phi) is 10.5. The van der Waals surface area contributed by atoms with Gasteiger partial charge in [0.2, 0.25) is 5.91 Å². The molecule has 1 fully saturated rings. The SMILES string of the molecule is C=C(CCNC(=O)CO/C=C/C=C(/Cl)C(=C)F)NC(=O)C1C(C)N1OOCC. The zero-order valence-electron chi connectivity index (χ0n) is 15.9. The lowest BCUT2D eigenvalue weighted by Gasteiger charge is -2.09. The van der Waals surface area contributed by atoms with Gasteiger partial charge in [-0.2, -0.15) is 0 Å². The molecule has 2 N–H and O–H groups in total. The topological polar surface area (TPSA) is 88.9 Å². The van der Waals surface area contributed by atoms with E-state index >= 15 is 0 Å². The summed E-state index contributed by atoms with van der Waals surface area (Å²) in [7, 11) is 0. The highest BCUT2D eigenvalue weighted by atomic mass is 35.5. The third-order valence-corrected chi connectivity index (χ3v) is 3.84. The van der Waals surface area contributed by atoms with Gasteiger partial charge in [-0.15, -0.1) is 10.1 Å². The van der Waals surface area contributed by atoms with Gasteiger partial charge in [0.25, 0.3) is 5.91 Å². The van der Waals surface area contributed by atoms with Gasteiger partial charge in [0.15, 0.2) is 6.61 Å². The minimum atomic E-state index is -0.762. The van der Waals surface area contributed by atoms with Gasteiger partial charge in [-0.1, -0.05) is 24.8 Å². The van der Waals surface area contributed by atoms with Gasteiger partial charge in [-0.05, 0) is 26.0 Å². The average molecular weight is 418 g/mol. The molecule has 0 aromatic carbocycles. The number of allylic oxidation sites excluding steroid dienone is 4. The summed E-state index contributed by atoms with van der Waals surface area (Å²) in [4.78, 5) is 33.5. The molecular formula is C18H25ClFN3O5.